The third-order valence-corrected chi connectivity index (χ3v) is 3.37. The van der Waals surface area contributed by atoms with Gasteiger partial charge in [0, 0.05) is 11.3 Å². The molecular formula is C13H15F2NO. The van der Waals surface area contributed by atoms with Crippen molar-refractivity contribution in [2.45, 2.75) is 38.2 Å². The summed E-state index contributed by atoms with van der Waals surface area (Å²) in [7, 11) is 0. The molecule has 1 saturated carbocycles. The molecule has 0 saturated heterocycles. The molecule has 0 spiro atoms. The van der Waals surface area contributed by atoms with Crippen LogP contribution in [0, 0.1) is 17.0 Å². The van der Waals surface area contributed by atoms with Crippen LogP contribution in [0.4, 0.5) is 8.78 Å². The highest BCUT2D eigenvalue weighted by atomic mass is 19.1. The lowest BCUT2D eigenvalue weighted by Gasteiger charge is -2.23. The topological polar surface area (TPSA) is 44.1 Å². The van der Waals surface area contributed by atoms with Crippen molar-refractivity contribution in [3.05, 3.63) is 34.9 Å². The lowest BCUT2D eigenvalue weighted by atomic mass is 9.82. The Labute approximate surface area is 98.8 Å². The molecule has 0 bridgehead atoms. The second-order valence-corrected chi connectivity index (χ2v) is 4.50. The van der Waals surface area contributed by atoms with Crippen LogP contribution in [0.25, 0.3) is 0 Å². The van der Waals surface area contributed by atoms with E-state index in [1.54, 1.807) is 0 Å². The van der Waals surface area contributed by atoms with Gasteiger partial charge in [-0.3, -0.25) is 0 Å². The molecule has 2 N–H and O–H groups in total. The fourth-order valence-electron chi connectivity index (χ4n) is 2.31. The monoisotopic (exact) mass is 239 g/mol. The number of hydrogen-bond acceptors (Lipinski definition) is 2. The van der Waals surface area contributed by atoms with Crippen LogP contribution in [0.5, 0.6) is 0 Å². The van der Waals surface area contributed by atoms with Gasteiger partial charge >= 0.3 is 0 Å². The van der Waals surface area contributed by atoms with E-state index in [1.807, 2.05) is 0 Å². The highest BCUT2D eigenvalue weighted by Crippen LogP contribution is 2.33. The van der Waals surface area contributed by atoms with E-state index >= 15 is 0 Å². The molecule has 1 fully saturated rings. The number of rotatable bonds is 2. The smallest absolute Gasteiger partial charge is 0.129 e. The summed E-state index contributed by atoms with van der Waals surface area (Å²) in [6.45, 7) is -0.488. The number of halogens is 2. The number of benzene rings is 1. The Bertz CT molecular complexity index is 435. The maximum absolute atomic E-state index is 13.8. The lowest BCUT2D eigenvalue weighted by molar-refractivity contribution is 0.274. The summed E-state index contributed by atoms with van der Waals surface area (Å²) in [5, 5.41) is 16.3. The molecule has 0 atom stereocenters. The second kappa shape index (κ2) is 4.92. The first-order valence-corrected chi connectivity index (χ1v) is 5.76. The molecule has 1 aromatic carbocycles. The molecule has 4 heteroatoms. The van der Waals surface area contributed by atoms with E-state index in [2.05, 4.69) is 0 Å². The summed E-state index contributed by atoms with van der Waals surface area (Å²) in [5.41, 5.74) is 1.07. The number of hydrogen-bond donors (Lipinski definition) is 2. The van der Waals surface area contributed by atoms with Crippen molar-refractivity contribution in [1.29, 1.82) is 5.41 Å². The van der Waals surface area contributed by atoms with Gasteiger partial charge in [0.2, 0.25) is 0 Å². The fourth-order valence-corrected chi connectivity index (χ4v) is 2.31. The zero-order valence-corrected chi connectivity index (χ0v) is 9.47. The Balaban J connectivity index is 2.26. The zero-order chi connectivity index (χ0) is 12.4. The summed E-state index contributed by atoms with van der Waals surface area (Å²) in [6.07, 6.45) is 2.72. The van der Waals surface area contributed by atoms with E-state index < -0.39 is 18.2 Å². The molecule has 1 aliphatic carbocycles. The molecule has 0 heterocycles. The average molecular weight is 239 g/mol. The minimum atomic E-state index is -0.551. The Morgan fingerprint density at radius 2 is 1.82 bits per heavy atom. The molecule has 0 aliphatic heterocycles. The van der Waals surface area contributed by atoms with E-state index in [-0.39, 0.29) is 11.5 Å². The molecule has 0 amide bonds. The maximum Gasteiger partial charge on any atom is 0.129 e. The van der Waals surface area contributed by atoms with Crippen molar-refractivity contribution in [1.82, 2.24) is 0 Å². The van der Waals surface area contributed by atoms with Gasteiger partial charge in [-0.2, -0.15) is 0 Å². The molecule has 92 valence electrons. The molecule has 2 rings (SSSR count). The summed E-state index contributed by atoms with van der Waals surface area (Å²) in [6, 6.07) is 2.27. The highest BCUT2D eigenvalue weighted by molar-refractivity contribution is 5.82. The van der Waals surface area contributed by atoms with Gasteiger partial charge in [-0.1, -0.05) is 0 Å². The van der Waals surface area contributed by atoms with E-state index in [0.29, 0.717) is 37.0 Å². The normalized spacial score (nSPS) is 20.6. The summed E-state index contributed by atoms with van der Waals surface area (Å²) in [4.78, 5) is 0. The number of aliphatic hydroxyl groups excluding tert-OH is 1. The van der Waals surface area contributed by atoms with E-state index in [9.17, 15) is 8.78 Å². The van der Waals surface area contributed by atoms with Gasteiger partial charge in [0.05, 0.1) is 6.61 Å². The van der Waals surface area contributed by atoms with Crippen molar-refractivity contribution >= 4 is 5.71 Å². The largest absolute Gasteiger partial charge is 0.392 e. The van der Waals surface area contributed by atoms with Crippen LogP contribution >= 0.6 is 0 Å². The minimum Gasteiger partial charge on any atom is -0.392 e. The molecule has 1 aliphatic rings. The Morgan fingerprint density at radius 1 is 1.18 bits per heavy atom. The molecule has 2 nitrogen and oxygen atoms in total. The van der Waals surface area contributed by atoms with Crippen molar-refractivity contribution in [3.8, 4) is 0 Å². The maximum atomic E-state index is 13.8. The van der Waals surface area contributed by atoms with Gasteiger partial charge in [0.1, 0.15) is 11.6 Å². The van der Waals surface area contributed by atoms with Crippen LogP contribution < -0.4 is 0 Å². The molecule has 0 radical (unpaired) electrons. The van der Waals surface area contributed by atoms with Crippen molar-refractivity contribution in [2.75, 3.05) is 0 Å². The predicted molar refractivity (Wildman–Crippen MR) is 61.2 cm³/mol. The number of nitrogens with one attached hydrogen (secondary N) is 1. The SMILES string of the molecule is N=C1CCC(c2cc(F)c(CO)cc2F)CC1. The van der Waals surface area contributed by atoms with Crippen molar-refractivity contribution in [2.24, 2.45) is 0 Å². The van der Waals surface area contributed by atoms with Crippen LogP contribution in [-0.2, 0) is 6.61 Å². The average Bonchev–Trinajstić information content (AvgIpc) is 2.33. The van der Waals surface area contributed by atoms with E-state index in [0.717, 1.165) is 6.07 Å². The Hall–Kier alpha value is -1.29. The highest BCUT2D eigenvalue weighted by Gasteiger charge is 2.22. The van der Waals surface area contributed by atoms with Crippen LogP contribution in [-0.4, -0.2) is 10.8 Å². The summed E-state index contributed by atoms with van der Waals surface area (Å²) < 4.78 is 27.3. The third kappa shape index (κ3) is 2.52. The van der Waals surface area contributed by atoms with Gasteiger partial charge in [-0.15, -0.1) is 0 Å². The molecule has 17 heavy (non-hydrogen) atoms. The molecule has 1 aromatic rings. The van der Waals surface area contributed by atoms with Crippen molar-refractivity contribution < 1.29 is 13.9 Å². The molecule has 0 aromatic heterocycles. The van der Waals surface area contributed by atoms with Crippen LogP contribution in [0.1, 0.15) is 42.7 Å². The first-order chi connectivity index (χ1) is 8.11. The molecular weight excluding hydrogens is 224 g/mol. The minimum absolute atomic E-state index is 0.00481. The van der Waals surface area contributed by atoms with Gasteiger partial charge < -0.3 is 10.5 Å². The quantitative estimate of drug-likeness (QED) is 0.818. The standard InChI is InChI=1S/C13H15F2NO/c14-12-6-11(13(15)5-9(12)7-17)8-1-3-10(16)4-2-8/h5-6,8,16-17H,1-4,7H2. The van der Waals surface area contributed by atoms with Crippen LogP contribution in [0.2, 0.25) is 0 Å². The van der Waals surface area contributed by atoms with E-state index in [1.165, 1.54) is 6.07 Å². The van der Waals surface area contributed by atoms with Gasteiger partial charge in [-0.05, 0) is 49.3 Å². The zero-order valence-electron chi connectivity index (χ0n) is 9.47. The number of aliphatic hydroxyl groups is 1. The predicted octanol–water partition coefficient (Wildman–Crippen LogP) is 3.13. The van der Waals surface area contributed by atoms with E-state index in [4.69, 9.17) is 10.5 Å². The van der Waals surface area contributed by atoms with Gasteiger partial charge in [-0.25, -0.2) is 8.78 Å². The van der Waals surface area contributed by atoms with Gasteiger partial charge in [0.15, 0.2) is 0 Å². The van der Waals surface area contributed by atoms with Gasteiger partial charge in [0.25, 0.3) is 0 Å². The third-order valence-electron chi connectivity index (χ3n) is 3.37. The lowest BCUT2D eigenvalue weighted by Crippen LogP contribution is -2.13. The second-order valence-electron chi connectivity index (χ2n) is 4.50. The Morgan fingerprint density at radius 3 is 2.41 bits per heavy atom. The Kier molecular flexibility index (Phi) is 3.52. The van der Waals surface area contributed by atoms with Crippen molar-refractivity contribution in [3.63, 3.8) is 0 Å². The first kappa shape index (κ1) is 12.2. The van der Waals surface area contributed by atoms with Crippen LogP contribution in [0.15, 0.2) is 12.1 Å². The molecule has 0 unspecified atom stereocenters. The summed E-state index contributed by atoms with van der Waals surface area (Å²) >= 11 is 0. The van der Waals surface area contributed by atoms with Crippen LogP contribution in [0.3, 0.4) is 0 Å². The summed E-state index contributed by atoms with van der Waals surface area (Å²) in [5.74, 6) is -1.01. The first-order valence-electron chi connectivity index (χ1n) is 5.76. The fraction of sp³-hybridized carbons (Fsp3) is 0.462.